The van der Waals surface area contributed by atoms with Crippen molar-refractivity contribution in [2.45, 2.75) is 25.3 Å². The fourth-order valence-electron chi connectivity index (χ4n) is 1.91. The van der Waals surface area contributed by atoms with Gasteiger partial charge < -0.3 is 5.73 Å². The minimum Gasteiger partial charge on any atom is -0.324 e. The SMILES string of the molecule is N[C@@H]1CCCc2c(Cl)ccc(Br)c21. The molecule has 0 radical (unpaired) electrons. The number of benzene rings is 1. The number of hydrogen-bond donors (Lipinski definition) is 1. The Morgan fingerprint density at radius 2 is 2.23 bits per heavy atom. The highest BCUT2D eigenvalue weighted by Gasteiger charge is 2.21. The fraction of sp³-hybridized carbons (Fsp3) is 0.400. The molecule has 0 spiro atoms. The van der Waals surface area contributed by atoms with Crippen LogP contribution in [0.4, 0.5) is 0 Å². The summed E-state index contributed by atoms with van der Waals surface area (Å²) in [5.41, 5.74) is 8.47. The smallest absolute Gasteiger partial charge is 0.0442 e. The summed E-state index contributed by atoms with van der Waals surface area (Å²) in [4.78, 5) is 0. The predicted molar refractivity (Wildman–Crippen MR) is 59.0 cm³/mol. The summed E-state index contributed by atoms with van der Waals surface area (Å²) in [5.74, 6) is 0. The Hall–Kier alpha value is -0.0500. The summed E-state index contributed by atoms with van der Waals surface area (Å²) in [7, 11) is 0. The zero-order valence-electron chi connectivity index (χ0n) is 7.19. The number of rotatable bonds is 0. The summed E-state index contributed by atoms with van der Waals surface area (Å²) in [5, 5.41) is 0.855. The molecule has 0 heterocycles. The summed E-state index contributed by atoms with van der Waals surface area (Å²) in [6.45, 7) is 0. The topological polar surface area (TPSA) is 26.0 Å². The first-order valence-electron chi connectivity index (χ1n) is 4.42. The van der Waals surface area contributed by atoms with E-state index >= 15 is 0 Å². The van der Waals surface area contributed by atoms with E-state index in [1.54, 1.807) is 0 Å². The molecule has 0 aromatic heterocycles. The van der Waals surface area contributed by atoms with E-state index in [2.05, 4.69) is 15.9 Å². The molecule has 2 rings (SSSR count). The Morgan fingerprint density at radius 3 is 2.92 bits per heavy atom. The second kappa shape index (κ2) is 3.60. The molecule has 1 aliphatic rings. The largest absolute Gasteiger partial charge is 0.324 e. The van der Waals surface area contributed by atoms with Crippen LogP contribution in [0.2, 0.25) is 5.02 Å². The maximum atomic E-state index is 6.10. The number of nitrogens with two attached hydrogens (primary N) is 1. The molecule has 0 unspecified atom stereocenters. The third kappa shape index (κ3) is 1.63. The Balaban J connectivity index is 2.60. The first-order valence-corrected chi connectivity index (χ1v) is 5.59. The Bertz CT molecular complexity index is 338. The van der Waals surface area contributed by atoms with Crippen molar-refractivity contribution in [2.24, 2.45) is 5.73 Å². The van der Waals surface area contributed by atoms with E-state index in [1.165, 1.54) is 11.1 Å². The summed E-state index contributed by atoms with van der Waals surface area (Å²) in [6, 6.07) is 4.06. The van der Waals surface area contributed by atoms with E-state index < -0.39 is 0 Å². The number of halogens is 2. The van der Waals surface area contributed by atoms with Gasteiger partial charge in [-0.3, -0.25) is 0 Å². The van der Waals surface area contributed by atoms with E-state index in [9.17, 15) is 0 Å². The minimum atomic E-state index is 0.150. The van der Waals surface area contributed by atoms with Gasteiger partial charge in [-0.15, -0.1) is 0 Å². The Labute approximate surface area is 91.4 Å². The van der Waals surface area contributed by atoms with Crippen LogP contribution in [-0.2, 0) is 6.42 Å². The molecule has 13 heavy (non-hydrogen) atoms. The summed E-state index contributed by atoms with van der Waals surface area (Å²) >= 11 is 9.62. The van der Waals surface area contributed by atoms with Crippen molar-refractivity contribution in [3.63, 3.8) is 0 Å². The number of fused-ring (bicyclic) bond motifs is 1. The molecule has 2 N–H and O–H groups in total. The zero-order chi connectivity index (χ0) is 9.42. The molecule has 1 atom stereocenters. The molecular formula is C10H11BrClN. The average Bonchev–Trinajstić information content (AvgIpc) is 2.12. The molecular weight excluding hydrogens is 249 g/mol. The highest BCUT2D eigenvalue weighted by Crippen LogP contribution is 2.37. The lowest BCUT2D eigenvalue weighted by molar-refractivity contribution is 0.568. The van der Waals surface area contributed by atoms with Crippen molar-refractivity contribution < 1.29 is 0 Å². The van der Waals surface area contributed by atoms with Gasteiger partial charge in [0.1, 0.15) is 0 Å². The second-order valence-corrected chi connectivity index (χ2v) is 4.68. The van der Waals surface area contributed by atoms with Crippen LogP contribution < -0.4 is 5.73 Å². The van der Waals surface area contributed by atoms with Crippen molar-refractivity contribution >= 4 is 27.5 Å². The average molecular weight is 261 g/mol. The summed E-state index contributed by atoms with van der Waals surface area (Å²) in [6.07, 6.45) is 3.26. The monoisotopic (exact) mass is 259 g/mol. The molecule has 1 aliphatic carbocycles. The van der Waals surface area contributed by atoms with Crippen LogP contribution in [0.25, 0.3) is 0 Å². The Kier molecular flexibility index (Phi) is 2.63. The summed E-state index contributed by atoms with van der Waals surface area (Å²) < 4.78 is 1.10. The number of hydrogen-bond acceptors (Lipinski definition) is 1. The lowest BCUT2D eigenvalue weighted by Crippen LogP contribution is -2.18. The predicted octanol–water partition coefficient (Wildman–Crippen LogP) is 3.44. The van der Waals surface area contributed by atoms with Gasteiger partial charge in [0, 0.05) is 15.5 Å². The standard InChI is InChI=1S/C10H11BrClN/c11-7-4-5-8(12)6-2-1-3-9(13)10(6)7/h4-5,9H,1-3,13H2/t9-/m1/s1. The van der Waals surface area contributed by atoms with Crippen LogP contribution in [-0.4, -0.2) is 0 Å². The van der Waals surface area contributed by atoms with Gasteiger partial charge in [0.25, 0.3) is 0 Å². The van der Waals surface area contributed by atoms with Gasteiger partial charge in [-0.1, -0.05) is 27.5 Å². The maximum Gasteiger partial charge on any atom is 0.0442 e. The molecule has 0 aliphatic heterocycles. The van der Waals surface area contributed by atoms with Crippen LogP contribution in [0.5, 0.6) is 0 Å². The highest BCUT2D eigenvalue weighted by atomic mass is 79.9. The molecule has 0 amide bonds. The van der Waals surface area contributed by atoms with Gasteiger partial charge in [0.2, 0.25) is 0 Å². The first-order chi connectivity index (χ1) is 6.20. The van der Waals surface area contributed by atoms with Crippen molar-refractivity contribution in [3.8, 4) is 0 Å². The van der Waals surface area contributed by atoms with Gasteiger partial charge in [-0.05, 0) is 42.5 Å². The van der Waals surface area contributed by atoms with Crippen molar-refractivity contribution in [1.29, 1.82) is 0 Å². The molecule has 1 aromatic carbocycles. The van der Waals surface area contributed by atoms with Gasteiger partial charge in [0.15, 0.2) is 0 Å². The second-order valence-electron chi connectivity index (χ2n) is 3.42. The molecule has 0 bridgehead atoms. The van der Waals surface area contributed by atoms with Crippen LogP contribution in [0.15, 0.2) is 16.6 Å². The van der Waals surface area contributed by atoms with E-state index in [-0.39, 0.29) is 6.04 Å². The van der Waals surface area contributed by atoms with Gasteiger partial charge in [-0.25, -0.2) is 0 Å². The molecule has 70 valence electrons. The van der Waals surface area contributed by atoms with Crippen LogP contribution >= 0.6 is 27.5 Å². The third-order valence-corrected chi connectivity index (χ3v) is 3.61. The van der Waals surface area contributed by atoms with Crippen LogP contribution in [0, 0.1) is 0 Å². The van der Waals surface area contributed by atoms with Crippen molar-refractivity contribution in [1.82, 2.24) is 0 Å². The maximum absolute atomic E-state index is 6.10. The van der Waals surface area contributed by atoms with Gasteiger partial charge >= 0.3 is 0 Å². The highest BCUT2D eigenvalue weighted by molar-refractivity contribution is 9.10. The molecule has 1 nitrogen and oxygen atoms in total. The van der Waals surface area contributed by atoms with Gasteiger partial charge in [-0.2, -0.15) is 0 Å². The quantitative estimate of drug-likeness (QED) is 0.760. The minimum absolute atomic E-state index is 0.150. The lowest BCUT2D eigenvalue weighted by atomic mass is 9.88. The van der Waals surface area contributed by atoms with E-state index in [0.29, 0.717) is 0 Å². The molecule has 0 fully saturated rings. The third-order valence-electron chi connectivity index (χ3n) is 2.56. The molecule has 1 aromatic rings. The lowest BCUT2D eigenvalue weighted by Gasteiger charge is -2.24. The van der Waals surface area contributed by atoms with E-state index in [1.807, 2.05) is 12.1 Å². The van der Waals surface area contributed by atoms with Crippen molar-refractivity contribution in [2.75, 3.05) is 0 Å². The van der Waals surface area contributed by atoms with E-state index in [4.69, 9.17) is 17.3 Å². The first kappa shape index (κ1) is 9.50. The van der Waals surface area contributed by atoms with Crippen LogP contribution in [0.3, 0.4) is 0 Å². The normalized spacial score (nSPS) is 21.3. The van der Waals surface area contributed by atoms with Gasteiger partial charge in [0.05, 0.1) is 0 Å². The Morgan fingerprint density at radius 1 is 1.46 bits per heavy atom. The molecule has 3 heteroatoms. The molecule has 0 saturated carbocycles. The molecule has 0 saturated heterocycles. The van der Waals surface area contributed by atoms with Crippen molar-refractivity contribution in [3.05, 3.63) is 32.8 Å². The van der Waals surface area contributed by atoms with Crippen LogP contribution in [0.1, 0.15) is 30.0 Å². The zero-order valence-corrected chi connectivity index (χ0v) is 9.53. The fourth-order valence-corrected chi connectivity index (χ4v) is 2.83. The van der Waals surface area contributed by atoms with E-state index in [0.717, 1.165) is 28.8 Å².